The number of nitrogens with zero attached hydrogens (tertiary/aromatic N) is 2. The van der Waals surface area contributed by atoms with Crippen LogP contribution in [0.1, 0.15) is 41.4 Å². The Morgan fingerprint density at radius 2 is 1.68 bits per heavy atom. The van der Waals surface area contributed by atoms with E-state index < -0.39 is 10.9 Å². The second-order valence-corrected chi connectivity index (χ2v) is 10.6. The molecule has 0 saturated carbocycles. The lowest BCUT2D eigenvalue weighted by Crippen LogP contribution is -2.31. The number of halogens is 2. The molecule has 1 aromatic heterocycles. The van der Waals surface area contributed by atoms with Crippen molar-refractivity contribution in [3.63, 3.8) is 0 Å². The van der Waals surface area contributed by atoms with Gasteiger partial charge in [0.05, 0.1) is 34.8 Å². The molecule has 0 spiro atoms. The van der Waals surface area contributed by atoms with Crippen LogP contribution in [0, 0.1) is 0 Å². The van der Waals surface area contributed by atoms with E-state index in [1.165, 1.54) is 11.2 Å². The van der Waals surface area contributed by atoms with E-state index in [4.69, 9.17) is 27.6 Å². The number of amides is 2. The fraction of sp³-hybridized carbons (Fsp3) is 0.172. The number of furan rings is 1. The highest BCUT2D eigenvalue weighted by Gasteiger charge is 2.24. The molecule has 11 heteroatoms. The van der Waals surface area contributed by atoms with Crippen molar-refractivity contribution in [1.29, 1.82) is 0 Å². The highest BCUT2D eigenvalue weighted by Crippen LogP contribution is 2.33. The van der Waals surface area contributed by atoms with Crippen molar-refractivity contribution >= 4 is 63.0 Å². The Morgan fingerprint density at radius 3 is 2.33 bits per heavy atom. The Bertz CT molecular complexity index is 1550. The maximum Gasteiger partial charge on any atom is 0.256 e. The summed E-state index contributed by atoms with van der Waals surface area (Å²) in [4.78, 5) is 27.1. The monoisotopic (exact) mass is 599 g/mol. The summed E-state index contributed by atoms with van der Waals surface area (Å²) in [6.45, 7) is 2.02. The van der Waals surface area contributed by atoms with Crippen LogP contribution in [0.4, 0.5) is 17.1 Å². The lowest BCUT2D eigenvalue weighted by atomic mass is 10.1. The van der Waals surface area contributed by atoms with Crippen molar-refractivity contribution in [2.24, 2.45) is 0 Å². The summed E-state index contributed by atoms with van der Waals surface area (Å²) in [6.07, 6.45) is 2.61. The molecule has 4 rings (SSSR count). The van der Waals surface area contributed by atoms with E-state index in [0.29, 0.717) is 56.8 Å². The van der Waals surface area contributed by atoms with E-state index >= 15 is 0 Å². The quantitative estimate of drug-likeness (QED) is 0.184. The average molecular weight is 601 g/mol. The molecule has 4 aromatic rings. The van der Waals surface area contributed by atoms with Crippen LogP contribution in [0.2, 0.25) is 10.0 Å². The number of thiol groups is 1. The summed E-state index contributed by atoms with van der Waals surface area (Å²) < 4.78 is 31.8. The van der Waals surface area contributed by atoms with E-state index in [0.717, 1.165) is 4.31 Å². The molecule has 208 valence electrons. The van der Waals surface area contributed by atoms with Crippen LogP contribution >= 0.6 is 23.2 Å². The number of rotatable bonds is 11. The minimum Gasteiger partial charge on any atom is -0.467 e. The first-order valence-electron chi connectivity index (χ1n) is 12.5. The maximum atomic E-state index is 13.6. The number of carbonyl (C=O) groups is 2. The fourth-order valence-corrected chi connectivity index (χ4v) is 5.25. The fourth-order valence-electron chi connectivity index (χ4n) is 4.15. The Balaban J connectivity index is 1.71. The van der Waals surface area contributed by atoms with Gasteiger partial charge in [-0.2, -0.15) is 0 Å². The highest BCUT2D eigenvalue weighted by atomic mass is 35.5. The predicted octanol–water partition coefficient (Wildman–Crippen LogP) is 6.83. The second kappa shape index (κ2) is 13.5. The third-order valence-corrected chi connectivity index (χ3v) is 7.32. The molecule has 1 heterocycles. The zero-order chi connectivity index (χ0) is 28.6. The normalized spacial score (nSPS) is 10.9. The van der Waals surface area contributed by atoms with E-state index in [1.54, 1.807) is 78.9 Å². The Morgan fingerprint density at radius 1 is 0.925 bits per heavy atom. The summed E-state index contributed by atoms with van der Waals surface area (Å²) in [5, 5.41) is 3.45. The molecule has 0 fully saturated rings. The van der Waals surface area contributed by atoms with Gasteiger partial charge >= 0.3 is 0 Å². The predicted molar refractivity (Wildman–Crippen MR) is 158 cm³/mol. The van der Waals surface area contributed by atoms with Crippen LogP contribution in [0.25, 0.3) is 0 Å². The van der Waals surface area contributed by atoms with Gasteiger partial charge in [0, 0.05) is 23.7 Å². The maximum absolute atomic E-state index is 13.6. The molecule has 40 heavy (non-hydrogen) atoms. The van der Waals surface area contributed by atoms with Crippen molar-refractivity contribution in [1.82, 2.24) is 4.90 Å². The van der Waals surface area contributed by atoms with Gasteiger partial charge in [0.15, 0.2) is 0 Å². The molecule has 8 nitrogen and oxygen atoms in total. The molecular weight excluding hydrogens is 573 g/mol. The van der Waals surface area contributed by atoms with Gasteiger partial charge in [0.25, 0.3) is 5.91 Å². The van der Waals surface area contributed by atoms with Crippen LogP contribution < -0.4 is 9.62 Å². The van der Waals surface area contributed by atoms with Gasteiger partial charge < -0.3 is 14.6 Å². The third-order valence-electron chi connectivity index (χ3n) is 5.99. The third kappa shape index (κ3) is 7.24. The van der Waals surface area contributed by atoms with Gasteiger partial charge in [0.2, 0.25) is 16.8 Å². The number of anilines is 3. The lowest BCUT2D eigenvalue weighted by molar-refractivity contribution is -0.116. The summed E-state index contributed by atoms with van der Waals surface area (Å²) in [5.74, 6) is 0.0523. The van der Waals surface area contributed by atoms with Gasteiger partial charge in [-0.05, 0) is 78.7 Å². The molecule has 0 aliphatic rings. The molecule has 0 unspecified atom stereocenters. The zero-order valence-electron chi connectivity index (χ0n) is 21.6. The zero-order valence-corrected chi connectivity index (χ0v) is 24.0. The standard InChI is InChI=1S/C29H27Cl2N3O5S/c1-2-6-28(35)32-22-11-13-23(14-12-22)34(40(37)38)27-15-10-21(30)17-20(27)18-33(19-24-7-5-16-39-24)29(36)25-8-3-4-9-26(25)31/h3-5,7-17,40H,2,6,18-19H2,1H3,(H,32,35). The van der Waals surface area contributed by atoms with Crippen molar-refractivity contribution < 1.29 is 22.4 Å². The van der Waals surface area contributed by atoms with E-state index in [2.05, 4.69) is 5.32 Å². The van der Waals surface area contributed by atoms with Gasteiger partial charge in [0.1, 0.15) is 5.76 Å². The minimum atomic E-state index is -3.14. The van der Waals surface area contributed by atoms with Gasteiger partial charge in [-0.3, -0.25) is 9.59 Å². The molecular formula is C29H27Cl2N3O5S. The van der Waals surface area contributed by atoms with Crippen molar-refractivity contribution in [2.75, 3.05) is 9.62 Å². The van der Waals surface area contributed by atoms with Crippen LogP contribution in [0.5, 0.6) is 0 Å². The van der Waals surface area contributed by atoms with E-state index in [-0.39, 0.29) is 24.9 Å². The summed E-state index contributed by atoms with van der Waals surface area (Å²) in [7, 11) is -3.14. The first kappa shape index (κ1) is 29.2. The SMILES string of the molecule is CCCC(=O)Nc1ccc(N(c2ccc(Cl)cc2CN(Cc2ccco2)C(=O)c2ccccc2Cl)[SH](=O)=O)cc1. The molecule has 1 N–H and O–H groups in total. The van der Waals surface area contributed by atoms with Gasteiger partial charge in [-0.25, -0.2) is 12.7 Å². The number of nitrogens with one attached hydrogen (secondary N) is 1. The Hall–Kier alpha value is -3.79. The summed E-state index contributed by atoms with van der Waals surface area (Å²) in [6, 6.07) is 21.4. The number of hydrogen-bond acceptors (Lipinski definition) is 5. The Labute approximate surface area is 244 Å². The second-order valence-electron chi connectivity index (χ2n) is 8.89. The molecule has 0 atom stereocenters. The van der Waals surface area contributed by atoms with Gasteiger partial charge in [-0.1, -0.05) is 42.3 Å². The van der Waals surface area contributed by atoms with Crippen LogP contribution in [0.15, 0.2) is 89.5 Å². The van der Waals surface area contributed by atoms with Crippen molar-refractivity contribution in [3.8, 4) is 0 Å². The van der Waals surface area contributed by atoms with E-state index in [9.17, 15) is 18.0 Å². The summed E-state index contributed by atoms with van der Waals surface area (Å²) >= 11 is 12.7. The Kier molecular flexibility index (Phi) is 9.87. The highest BCUT2D eigenvalue weighted by molar-refractivity contribution is 7.74. The molecule has 0 bridgehead atoms. The average Bonchev–Trinajstić information content (AvgIpc) is 3.44. The number of hydrogen-bond donors (Lipinski definition) is 2. The first-order valence-corrected chi connectivity index (χ1v) is 14.3. The molecule has 0 aliphatic carbocycles. The molecule has 0 aliphatic heterocycles. The van der Waals surface area contributed by atoms with Crippen LogP contribution in [0.3, 0.4) is 0 Å². The molecule has 3 aromatic carbocycles. The molecule has 0 saturated heterocycles. The van der Waals surface area contributed by atoms with Crippen LogP contribution in [-0.2, 0) is 28.8 Å². The number of carbonyl (C=O) groups excluding carboxylic acids is 2. The van der Waals surface area contributed by atoms with Gasteiger partial charge in [-0.15, -0.1) is 0 Å². The lowest BCUT2D eigenvalue weighted by Gasteiger charge is -2.27. The molecule has 2 amide bonds. The number of benzene rings is 3. The van der Waals surface area contributed by atoms with Crippen LogP contribution in [-0.4, -0.2) is 25.1 Å². The van der Waals surface area contributed by atoms with E-state index in [1.807, 2.05) is 6.92 Å². The topological polar surface area (TPSA) is 99.9 Å². The molecule has 0 radical (unpaired) electrons. The minimum absolute atomic E-state index is 0.00544. The smallest absolute Gasteiger partial charge is 0.256 e. The largest absolute Gasteiger partial charge is 0.467 e. The van der Waals surface area contributed by atoms with Crippen molar-refractivity contribution in [3.05, 3.63) is 112 Å². The van der Waals surface area contributed by atoms with Crippen molar-refractivity contribution in [2.45, 2.75) is 32.9 Å². The summed E-state index contributed by atoms with van der Waals surface area (Å²) in [5.41, 5.74) is 2.00. The first-order chi connectivity index (χ1) is 19.3.